The van der Waals surface area contributed by atoms with E-state index in [9.17, 15) is 9.59 Å². The highest BCUT2D eigenvalue weighted by molar-refractivity contribution is 9.10. The van der Waals surface area contributed by atoms with E-state index in [0.29, 0.717) is 52.9 Å². The average Bonchev–Trinajstić information content (AvgIpc) is 2.74. The van der Waals surface area contributed by atoms with E-state index >= 15 is 0 Å². The molecule has 0 radical (unpaired) electrons. The van der Waals surface area contributed by atoms with E-state index in [4.69, 9.17) is 32.4 Å². The fraction of sp³-hybridized carbons (Fsp3) is 0.238. The fourth-order valence-corrected chi connectivity index (χ4v) is 4.23. The number of rotatable bonds is 3. The molecule has 1 aromatic heterocycles. The van der Waals surface area contributed by atoms with Gasteiger partial charge in [0.05, 0.1) is 17.2 Å². The molecular formula is C21H17BrCl2N2O4. The molecule has 0 spiro atoms. The average molecular weight is 512 g/mol. The van der Waals surface area contributed by atoms with Crippen molar-refractivity contribution in [2.75, 3.05) is 38.2 Å². The van der Waals surface area contributed by atoms with Gasteiger partial charge in [-0.05, 0) is 36.4 Å². The molecular weight excluding hydrogens is 495 g/mol. The van der Waals surface area contributed by atoms with Crippen molar-refractivity contribution in [3.63, 3.8) is 0 Å². The molecule has 1 amide bonds. The van der Waals surface area contributed by atoms with E-state index in [-0.39, 0.29) is 11.5 Å². The summed E-state index contributed by atoms with van der Waals surface area (Å²) < 4.78 is 11.4. The third kappa shape index (κ3) is 4.02. The summed E-state index contributed by atoms with van der Waals surface area (Å²) in [5.41, 5.74) is 0.580. The van der Waals surface area contributed by atoms with Crippen molar-refractivity contribution < 1.29 is 13.9 Å². The highest BCUT2D eigenvalue weighted by atomic mass is 79.9. The zero-order valence-corrected chi connectivity index (χ0v) is 19.1. The zero-order valence-electron chi connectivity index (χ0n) is 16.0. The maximum absolute atomic E-state index is 13.0. The van der Waals surface area contributed by atoms with Gasteiger partial charge in [0.1, 0.15) is 5.56 Å². The number of piperazine rings is 1. The maximum Gasteiger partial charge on any atom is 0.349 e. The summed E-state index contributed by atoms with van der Waals surface area (Å²) >= 11 is 15.5. The molecule has 3 aromatic rings. The lowest BCUT2D eigenvalue weighted by Gasteiger charge is -2.36. The van der Waals surface area contributed by atoms with Crippen molar-refractivity contribution >= 4 is 61.7 Å². The Kier molecular flexibility index (Phi) is 5.95. The SMILES string of the molecule is COc1cc(Br)cc2cc(C(=O)N3CCN(c4ccc(Cl)c(Cl)c4)CC3)c(=O)oc12. The molecule has 0 saturated carbocycles. The molecule has 1 fully saturated rings. The van der Waals surface area contributed by atoms with Gasteiger partial charge >= 0.3 is 5.63 Å². The zero-order chi connectivity index (χ0) is 21.4. The molecule has 0 N–H and O–H groups in total. The Labute approximate surface area is 191 Å². The normalized spacial score (nSPS) is 14.3. The molecule has 30 heavy (non-hydrogen) atoms. The second-order valence-corrected chi connectivity index (χ2v) is 8.58. The second-order valence-electron chi connectivity index (χ2n) is 6.85. The van der Waals surface area contributed by atoms with Crippen LogP contribution in [-0.4, -0.2) is 44.1 Å². The lowest BCUT2D eigenvalue weighted by atomic mass is 10.1. The quantitative estimate of drug-likeness (QED) is 0.471. The number of amides is 1. The lowest BCUT2D eigenvalue weighted by molar-refractivity contribution is 0.0742. The number of hydrogen-bond donors (Lipinski definition) is 0. The van der Waals surface area contributed by atoms with E-state index in [2.05, 4.69) is 20.8 Å². The van der Waals surface area contributed by atoms with Crippen LogP contribution in [-0.2, 0) is 0 Å². The molecule has 0 atom stereocenters. The Hall–Kier alpha value is -2.22. The van der Waals surface area contributed by atoms with Crippen LogP contribution < -0.4 is 15.3 Å². The highest BCUT2D eigenvalue weighted by Crippen LogP contribution is 2.30. The summed E-state index contributed by atoms with van der Waals surface area (Å²) in [7, 11) is 1.49. The van der Waals surface area contributed by atoms with Gasteiger partial charge in [-0.2, -0.15) is 0 Å². The van der Waals surface area contributed by atoms with Crippen LogP contribution in [0.25, 0.3) is 11.0 Å². The summed E-state index contributed by atoms with van der Waals surface area (Å²) in [6.45, 7) is 2.17. The number of anilines is 1. The summed E-state index contributed by atoms with van der Waals surface area (Å²) in [4.78, 5) is 29.3. The Balaban J connectivity index is 1.55. The van der Waals surface area contributed by atoms with E-state index in [0.717, 1.165) is 10.2 Å². The van der Waals surface area contributed by atoms with Crippen molar-refractivity contribution in [3.05, 3.63) is 66.9 Å². The van der Waals surface area contributed by atoms with Gasteiger partial charge in [-0.3, -0.25) is 4.79 Å². The Morgan fingerprint density at radius 3 is 2.47 bits per heavy atom. The van der Waals surface area contributed by atoms with Crippen LogP contribution >= 0.6 is 39.1 Å². The first-order valence-corrected chi connectivity index (χ1v) is 10.7. The van der Waals surface area contributed by atoms with Gasteiger partial charge in [0, 0.05) is 41.7 Å². The largest absolute Gasteiger partial charge is 0.493 e. The highest BCUT2D eigenvalue weighted by Gasteiger charge is 2.26. The first-order chi connectivity index (χ1) is 14.4. The van der Waals surface area contributed by atoms with Crippen molar-refractivity contribution in [1.82, 2.24) is 4.90 Å². The van der Waals surface area contributed by atoms with Crippen LogP contribution in [0.3, 0.4) is 0 Å². The predicted molar refractivity (Wildman–Crippen MR) is 121 cm³/mol. The minimum Gasteiger partial charge on any atom is -0.493 e. The van der Waals surface area contributed by atoms with Gasteiger partial charge in [-0.25, -0.2) is 4.79 Å². The monoisotopic (exact) mass is 510 g/mol. The Morgan fingerprint density at radius 2 is 1.80 bits per heavy atom. The van der Waals surface area contributed by atoms with Crippen LogP contribution in [0.2, 0.25) is 10.0 Å². The molecule has 0 unspecified atom stereocenters. The Bertz CT molecular complexity index is 1190. The predicted octanol–water partition coefficient (Wildman–Crippen LogP) is 4.83. The number of halogens is 3. The molecule has 1 aliphatic heterocycles. The topological polar surface area (TPSA) is 63.0 Å². The summed E-state index contributed by atoms with van der Waals surface area (Å²) in [6, 6.07) is 10.5. The van der Waals surface area contributed by atoms with Gasteiger partial charge in [0.25, 0.3) is 5.91 Å². The first-order valence-electron chi connectivity index (χ1n) is 9.18. The van der Waals surface area contributed by atoms with Gasteiger partial charge in [0.2, 0.25) is 0 Å². The third-order valence-electron chi connectivity index (χ3n) is 5.05. The molecule has 6 nitrogen and oxygen atoms in total. The molecule has 1 aliphatic rings. The maximum atomic E-state index is 13.0. The number of methoxy groups -OCH3 is 1. The van der Waals surface area contributed by atoms with Crippen LogP contribution in [0.5, 0.6) is 5.75 Å². The van der Waals surface area contributed by atoms with Gasteiger partial charge in [-0.15, -0.1) is 0 Å². The standard InChI is InChI=1S/C21H17BrCl2N2O4/c1-29-18-10-13(22)8-12-9-15(21(28)30-19(12)18)20(27)26-6-4-25(5-7-26)14-2-3-16(23)17(24)11-14/h2-3,8-11H,4-7H2,1H3. The lowest BCUT2D eigenvalue weighted by Crippen LogP contribution is -2.49. The molecule has 0 bridgehead atoms. The summed E-state index contributed by atoms with van der Waals surface area (Å²) in [6.07, 6.45) is 0. The molecule has 0 aliphatic carbocycles. The van der Waals surface area contributed by atoms with Crippen LogP contribution in [0.1, 0.15) is 10.4 Å². The van der Waals surface area contributed by atoms with E-state index in [1.807, 2.05) is 12.1 Å². The minimum absolute atomic E-state index is 0.00522. The van der Waals surface area contributed by atoms with Crippen molar-refractivity contribution in [2.45, 2.75) is 0 Å². The number of hydrogen-bond acceptors (Lipinski definition) is 5. The van der Waals surface area contributed by atoms with Crippen molar-refractivity contribution in [2.24, 2.45) is 0 Å². The first kappa shape index (κ1) is 21.0. The van der Waals surface area contributed by atoms with E-state index in [1.165, 1.54) is 7.11 Å². The summed E-state index contributed by atoms with van der Waals surface area (Å²) in [5, 5.41) is 1.60. The van der Waals surface area contributed by atoms with E-state index in [1.54, 1.807) is 29.2 Å². The number of ether oxygens (including phenoxy) is 1. The molecule has 4 rings (SSSR count). The van der Waals surface area contributed by atoms with Gasteiger partial charge in [-0.1, -0.05) is 39.1 Å². The molecule has 9 heteroatoms. The van der Waals surface area contributed by atoms with Gasteiger partial charge in [0.15, 0.2) is 11.3 Å². The second kappa shape index (κ2) is 8.49. The molecule has 156 valence electrons. The van der Waals surface area contributed by atoms with Gasteiger partial charge < -0.3 is 19.0 Å². The third-order valence-corrected chi connectivity index (χ3v) is 6.25. The smallest absolute Gasteiger partial charge is 0.349 e. The van der Waals surface area contributed by atoms with Crippen LogP contribution in [0.15, 0.2) is 50.1 Å². The number of carbonyl (C=O) groups is 1. The minimum atomic E-state index is -0.681. The number of fused-ring (bicyclic) bond motifs is 1. The molecule has 2 heterocycles. The molecule has 1 saturated heterocycles. The summed E-state index contributed by atoms with van der Waals surface area (Å²) in [5.74, 6) is 0.0732. The van der Waals surface area contributed by atoms with E-state index < -0.39 is 5.63 Å². The number of carbonyl (C=O) groups excluding carboxylic acids is 1. The number of benzene rings is 2. The van der Waals surface area contributed by atoms with Crippen LogP contribution in [0, 0.1) is 0 Å². The molecule has 2 aromatic carbocycles. The van der Waals surface area contributed by atoms with Crippen LogP contribution in [0.4, 0.5) is 5.69 Å². The number of nitrogens with zero attached hydrogens (tertiary/aromatic N) is 2. The fourth-order valence-electron chi connectivity index (χ4n) is 3.49. The Morgan fingerprint density at radius 1 is 1.07 bits per heavy atom. The van der Waals surface area contributed by atoms with Crippen molar-refractivity contribution in [3.8, 4) is 5.75 Å². The van der Waals surface area contributed by atoms with Crippen molar-refractivity contribution in [1.29, 1.82) is 0 Å².